The van der Waals surface area contributed by atoms with Crippen LogP contribution < -0.4 is 14.6 Å². The van der Waals surface area contributed by atoms with Gasteiger partial charge in [-0.05, 0) is 41.5 Å². The van der Waals surface area contributed by atoms with Gasteiger partial charge in [0, 0.05) is 17.2 Å². The Labute approximate surface area is 167 Å². The van der Waals surface area contributed by atoms with E-state index in [-0.39, 0.29) is 17.4 Å². The summed E-state index contributed by atoms with van der Waals surface area (Å²) in [6, 6.07) is 11.7. The first kappa shape index (κ1) is 20.7. The van der Waals surface area contributed by atoms with E-state index >= 15 is 0 Å². The van der Waals surface area contributed by atoms with Gasteiger partial charge in [-0.2, -0.15) is 0 Å². The van der Waals surface area contributed by atoms with Gasteiger partial charge in [-0.1, -0.05) is 12.1 Å². The van der Waals surface area contributed by atoms with Crippen molar-refractivity contribution in [3.8, 4) is 34.0 Å². The quantitative estimate of drug-likeness (QED) is 0.637. The summed E-state index contributed by atoms with van der Waals surface area (Å²) in [5.74, 6) is -0.00443. The third-order valence-electron chi connectivity index (χ3n) is 4.33. The van der Waals surface area contributed by atoms with Gasteiger partial charge in [0.05, 0.1) is 31.4 Å². The number of nitrogens with two attached hydrogens (primary N) is 1. The number of methoxy groups -OCH3 is 2. The number of pyridine rings is 1. The van der Waals surface area contributed by atoms with Crippen molar-refractivity contribution in [1.29, 1.82) is 0 Å². The van der Waals surface area contributed by atoms with Gasteiger partial charge in [-0.3, -0.25) is 0 Å². The Balaban J connectivity index is 2.21. The lowest BCUT2D eigenvalue weighted by Crippen LogP contribution is -2.11. The zero-order valence-electron chi connectivity index (χ0n) is 15.7. The smallest absolute Gasteiger partial charge is 0.238 e. The zero-order valence-corrected chi connectivity index (χ0v) is 16.5. The average Bonchev–Trinajstić information content (AvgIpc) is 2.71. The van der Waals surface area contributed by atoms with Gasteiger partial charge in [0.2, 0.25) is 15.9 Å². The zero-order chi connectivity index (χ0) is 21.2. The fourth-order valence-electron chi connectivity index (χ4n) is 2.93. The molecular weight excluding hydrogens is 399 g/mol. The highest BCUT2D eigenvalue weighted by Gasteiger charge is 2.17. The van der Waals surface area contributed by atoms with E-state index in [0.717, 1.165) is 0 Å². The van der Waals surface area contributed by atoms with E-state index in [1.165, 1.54) is 38.5 Å². The first-order chi connectivity index (χ1) is 13.8. The number of hydrogen-bond acceptors (Lipinski definition) is 6. The van der Waals surface area contributed by atoms with E-state index in [0.29, 0.717) is 33.7 Å². The van der Waals surface area contributed by atoms with Crippen molar-refractivity contribution in [2.24, 2.45) is 5.14 Å². The minimum absolute atomic E-state index is 0.0390. The summed E-state index contributed by atoms with van der Waals surface area (Å²) < 4.78 is 47.4. The topological polar surface area (TPSA) is 112 Å². The Bertz CT molecular complexity index is 1150. The van der Waals surface area contributed by atoms with Gasteiger partial charge < -0.3 is 14.6 Å². The van der Waals surface area contributed by atoms with Gasteiger partial charge in [-0.25, -0.2) is 22.9 Å². The highest BCUT2D eigenvalue weighted by atomic mass is 32.2. The van der Waals surface area contributed by atoms with E-state index in [1.54, 1.807) is 24.3 Å². The summed E-state index contributed by atoms with van der Waals surface area (Å²) in [5, 5.41) is 15.0. The third kappa shape index (κ3) is 4.37. The van der Waals surface area contributed by atoms with Crippen LogP contribution in [0, 0.1) is 5.82 Å². The number of aromatic nitrogens is 1. The predicted octanol–water partition coefficient (Wildman–Crippen LogP) is 2.71. The predicted molar refractivity (Wildman–Crippen MR) is 105 cm³/mol. The second kappa shape index (κ2) is 8.16. The van der Waals surface area contributed by atoms with Crippen LogP contribution in [0.2, 0.25) is 0 Å². The van der Waals surface area contributed by atoms with Crippen LogP contribution in [0.1, 0.15) is 5.56 Å². The molecule has 0 aliphatic carbocycles. The third-order valence-corrected chi connectivity index (χ3v) is 5.26. The maximum atomic E-state index is 14.0. The fourth-order valence-corrected chi connectivity index (χ4v) is 3.44. The molecule has 0 aliphatic rings. The molecule has 1 aromatic heterocycles. The van der Waals surface area contributed by atoms with Gasteiger partial charge in [0.15, 0.2) is 0 Å². The van der Waals surface area contributed by atoms with Crippen molar-refractivity contribution < 1.29 is 27.4 Å². The molecule has 1 heterocycles. The van der Waals surface area contributed by atoms with Gasteiger partial charge in [0.1, 0.15) is 11.6 Å². The van der Waals surface area contributed by atoms with Crippen molar-refractivity contribution in [3.05, 3.63) is 59.9 Å². The Hall–Kier alpha value is -3.01. The molecule has 9 heteroatoms. The minimum Gasteiger partial charge on any atom is -0.497 e. The molecule has 0 unspecified atom stereocenters. The van der Waals surface area contributed by atoms with Gasteiger partial charge >= 0.3 is 0 Å². The van der Waals surface area contributed by atoms with Crippen molar-refractivity contribution in [1.82, 2.24) is 4.98 Å². The van der Waals surface area contributed by atoms with Crippen molar-refractivity contribution in [2.75, 3.05) is 14.2 Å². The number of ether oxygens (including phenoxy) is 2. The highest BCUT2D eigenvalue weighted by Crippen LogP contribution is 2.35. The lowest BCUT2D eigenvalue weighted by atomic mass is 9.98. The van der Waals surface area contributed by atoms with Crippen LogP contribution in [-0.4, -0.2) is 32.7 Å². The normalized spacial score (nSPS) is 11.3. The summed E-state index contributed by atoms with van der Waals surface area (Å²) in [6.45, 7) is -0.366. The van der Waals surface area contributed by atoms with Crippen LogP contribution in [0.25, 0.3) is 22.4 Å². The number of nitrogens with zero attached hydrogens (tertiary/aromatic N) is 1. The van der Waals surface area contributed by atoms with Crippen molar-refractivity contribution in [2.45, 2.75) is 11.5 Å². The number of rotatable bonds is 6. The molecule has 0 saturated heterocycles. The van der Waals surface area contributed by atoms with Crippen LogP contribution >= 0.6 is 0 Å². The first-order valence-electron chi connectivity index (χ1n) is 8.43. The Morgan fingerprint density at radius 3 is 2.28 bits per heavy atom. The van der Waals surface area contributed by atoms with Crippen LogP contribution in [0.15, 0.2) is 53.4 Å². The SMILES string of the molecule is COc1cc(F)cc(-c2cc(-c3ccc(S(N)(=O)=O)cc3)c(CO)c(OC)n2)c1. The standard InChI is InChI=1S/C20H19FN2O5S/c1-27-15-8-13(7-14(21)9-15)19-10-17(18(11-24)20(23-19)28-2)12-3-5-16(6-4-12)29(22,25)26/h3-10,24H,11H2,1-2H3,(H2,22,25,26). The van der Waals surface area contributed by atoms with Gasteiger partial charge in [0.25, 0.3) is 0 Å². The molecule has 0 spiro atoms. The fraction of sp³-hybridized carbons (Fsp3) is 0.150. The summed E-state index contributed by atoms with van der Waals surface area (Å²) in [5.41, 5.74) is 2.41. The molecule has 0 fully saturated rings. The molecule has 0 atom stereocenters. The first-order valence-corrected chi connectivity index (χ1v) is 9.98. The monoisotopic (exact) mass is 418 g/mol. The van der Waals surface area contributed by atoms with E-state index < -0.39 is 15.8 Å². The second-order valence-corrected chi connectivity index (χ2v) is 7.71. The molecule has 7 nitrogen and oxygen atoms in total. The summed E-state index contributed by atoms with van der Waals surface area (Å²) in [4.78, 5) is 4.33. The van der Waals surface area contributed by atoms with Crippen LogP contribution in [0.3, 0.4) is 0 Å². The van der Waals surface area contributed by atoms with Crippen LogP contribution in [0.4, 0.5) is 4.39 Å². The number of aliphatic hydroxyl groups is 1. The lowest BCUT2D eigenvalue weighted by molar-refractivity contribution is 0.272. The summed E-state index contributed by atoms with van der Waals surface area (Å²) in [7, 11) is -0.997. The molecule has 0 aliphatic heterocycles. The number of sulfonamides is 1. The second-order valence-electron chi connectivity index (χ2n) is 6.15. The van der Waals surface area contributed by atoms with E-state index in [9.17, 15) is 17.9 Å². The molecule has 152 valence electrons. The number of aliphatic hydroxyl groups excluding tert-OH is 1. The number of benzene rings is 2. The molecule has 3 rings (SSSR count). The number of halogens is 1. The van der Waals surface area contributed by atoms with Gasteiger partial charge in [-0.15, -0.1) is 0 Å². The molecule has 3 N–H and O–H groups in total. The Morgan fingerprint density at radius 1 is 1.03 bits per heavy atom. The Kier molecular flexibility index (Phi) is 5.83. The van der Waals surface area contributed by atoms with Crippen LogP contribution in [-0.2, 0) is 16.6 Å². The lowest BCUT2D eigenvalue weighted by Gasteiger charge is -2.15. The molecule has 0 amide bonds. The molecule has 3 aromatic rings. The molecule has 0 radical (unpaired) electrons. The van der Waals surface area contributed by atoms with E-state index in [2.05, 4.69) is 4.98 Å². The van der Waals surface area contributed by atoms with Crippen molar-refractivity contribution in [3.63, 3.8) is 0 Å². The largest absolute Gasteiger partial charge is 0.497 e. The number of hydrogen-bond donors (Lipinski definition) is 2. The maximum absolute atomic E-state index is 14.0. The molecular formula is C20H19FN2O5S. The Morgan fingerprint density at radius 2 is 1.72 bits per heavy atom. The highest BCUT2D eigenvalue weighted by molar-refractivity contribution is 7.89. The average molecular weight is 418 g/mol. The molecule has 29 heavy (non-hydrogen) atoms. The number of primary sulfonamides is 1. The minimum atomic E-state index is -3.84. The van der Waals surface area contributed by atoms with E-state index in [4.69, 9.17) is 14.6 Å². The molecule has 0 bridgehead atoms. The maximum Gasteiger partial charge on any atom is 0.238 e. The summed E-state index contributed by atoms with van der Waals surface area (Å²) in [6.07, 6.45) is 0. The molecule has 2 aromatic carbocycles. The summed E-state index contributed by atoms with van der Waals surface area (Å²) >= 11 is 0. The van der Waals surface area contributed by atoms with Crippen molar-refractivity contribution >= 4 is 10.0 Å². The van der Waals surface area contributed by atoms with Crippen LogP contribution in [0.5, 0.6) is 11.6 Å². The molecule has 0 saturated carbocycles. The van der Waals surface area contributed by atoms with E-state index in [1.807, 2.05) is 0 Å².